The molecular formula is C14H26N4O2. The molecule has 1 aromatic heterocycles. The molecule has 0 aliphatic carbocycles. The van der Waals surface area contributed by atoms with Crippen molar-refractivity contribution >= 4 is 0 Å². The first kappa shape index (κ1) is 15.4. The van der Waals surface area contributed by atoms with Crippen LogP contribution in [0.25, 0.3) is 0 Å². The molecule has 114 valence electrons. The lowest BCUT2D eigenvalue weighted by atomic mass is 10.0. The van der Waals surface area contributed by atoms with Gasteiger partial charge in [-0.05, 0) is 40.3 Å². The van der Waals surface area contributed by atoms with Gasteiger partial charge in [0.25, 0.3) is 0 Å². The monoisotopic (exact) mass is 282 g/mol. The summed E-state index contributed by atoms with van der Waals surface area (Å²) in [6, 6.07) is 0.475. The van der Waals surface area contributed by atoms with E-state index in [0.29, 0.717) is 18.5 Å². The quantitative estimate of drug-likeness (QED) is 0.870. The maximum Gasteiger partial charge on any atom is 0.223 e. The maximum atomic E-state index is 9.93. The van der Waals surface area contributed by atoms with E-state index in [-0.39, 0.29) is 0 Å². The second-order valence-electron chi connectivity index (χ2n) is 6.49. The van der Waals surface area contributed by atoms with Gasteiger partial charge in [0.15, 0.2) is 5.82 Å². The second kappa shape index (κ2) is 6.20. The highest BCUT2D eigenvalue weighted by Gasteiger charge is 2.27. The van der Waals surface area contributed by atoms with Gasteiger partial charge >= 0.3 is 0 Å². The minimum Gasteiger partial charge on any atom is -0.389 e. The molecule has 1 atom stereocenters. The average Bonchev–Trinajstić information content (AvgIpc) is 2.73. The van der Waals surface area contributed by atoms with Crippen LogP contribution in [-0.4, -0.2) is 63.4 Å². The van der Waals surface area contributed by atoms with Gasteiger partial charge in [0.2, 0.25) is 5.89 Å². The molecule has 2 rings (SSSR count). The van der Waals surface area contributed by atoms with E-state index in [9.17, 15) is 5.11 Å². The summed E-state index contributed by atoms with van der Waals surface area (Å²) in [7, 11) is 2.09. The predicted octanol–water partition coefficient (Wildman–Crippen LogP) is 1.05. The van der Waals surface area contributed by atoms with Gasteiger partial charge in [0, 0.05) is 26.1 Å². The third-order valence-electron chi connectivity index (χ3n) is 3.67. The molecule has 0 spiro atoms. The van der Waals surface area contributed by atoms with Crippen LogP contribution in [0.2, 0.25) is 0 Å². The maximum absolute atomic E-state index is 9.93. The van der Waals surface area contributed by atoms with E-state index in [4.69, 9.17) is 4.52 Å². The number of nitrogens with zero attached hydrogens (tertiary/aromatic N) is 4. The number of hydrogen-bond donors (Lipinski definition) is 1. The van der Waals surface area contributed by atoms with Crippen LogP contribution >= 0.6 is 0 Å². The van der Waals surface area contributed by atoms with Crippen LogP contribution in [-0.2, 0) is 6.54 Å². The summed E-state index contributed by atoms with van der Waals surface area (Å²) >= 11 is 0. The van der Waals surface area contributed by atoms with Crippen molar-refractivity contribution < 1.29 is 9.63 Å². The molecular weight excluding hydrogens is 256 g/mol. The van der Waals surface area contributed by atoms with Gasteiger partial charge in [-0.3, -0.25) is 9.80 Å². The zero-order valence-electron chi connectivity index (χ0n) is 13.0. The normalized spacial score (nSPS) is 21.6. The van der Waals surface area contributed by atoms with Gasteiger partial charge < -0.3 is 9.63 Å². The summed E-state index contributed by atoms with van der Waals surface area (Å²) in [5.74, 6) is 1.38. The van der Waals surface area contributed by atoms with Crippen LogP contribution in [0.15, 0.2) is 4.52 Å². The summed E-state index contributed by atoms with van der Waals surface area (Å²) in [5.41, 5.74) is -0.651. The van der Waals surface area contributed by atoms with Crippen molar-refractivity contribution in [2.24, 2.45) is 0 Å². The van der Waals surface area contributed by atoms with E-state index < -0.39 is 5.60 Å². The molecule has 1 fully saturated rings. The number of rotatable bonds is 5. The topological polar surface area (TPSA) is 65.6 Å². The van der Waals surface area contributed by atoms with E-state index in [1.165, 1.54) is 6.42 Å². The first-order chi connectivity index (χ1) is 9.33. The van der Waals surface area contributed by atoms with E-state index >= 15 is 0 Å². The van der Waals surface area contributed by atoms with Gasteiger partial charge in [0.05, 0.1) is 12.1 Å². The standard InChI is InChI=1S/C14H26N4O2/c1-11-15-13(16-20-11)9-18-7-5-6-12(8-18)17(4)10-14(2,3)19/h12,19H,5-10H2,1-4H3. The van der Waals surface area contributed by atoms with Crippen molar-refractivity contribution in [3.63, 3.8) is 0 Å². The van der Waals surface area contributed by atoms with Crippen LogP contribution < -0.4 is 0 Å². The van der Waals surface area contributed by atoms with Crippen LogP contribution in [0.3, 0.4) is 0 Å². The third-order valence-corrected chi connectivity index (χ3v) is 3.67. The van der Waals surface area contributed by atoms with Gasteiger partial charge in [-0.25, -0.2) is 0 Å². The molecule has 1 aliphatic heterocycles. The zero-order valence-corrected chi connectivity index (χ0v) is 13.0. The zero-order chi connectivity index (χ0) is 14.8. The molecule has 1 saturated heterocycles. The van der Waals surface area contributed by atoms with Crippen molar-refractivity contribution in [1.29, 1.82) is 0 Å². The summed E-state index contributed by atoms with van der Waals surface area (Å²) < 4.78 is 5.01. The number of likely N-dealkylation sites (N-methyl/N-ethyl adjacent to an activating group) is 1. The molecule has 6 heteroatoms. The van der Waals surface area contributed by atoms with Gasteiger partial charge in [-0.2, -0.15) is 4.98 Å². The Balaban J connectivity index is 1.88. The van der Waals surface area contributed by atoms with Crippen molar-refractivity contribution in [1.82, 2.24) is 19.9 Å². The Bertz CT molecular complexity index is 427. The third kappa shape index (κ3) is 4.54. The Labute approximate surface area is 120 Å². The highest BCUT2D eigenvalue weighted by molar-refractivity contribution is 4.88. The molecule has 1 aromatic rings. The van der Waals surface area contributed by atoms with E-state index in [0.717, 1.165) is 31.9 Å². The SMILES string of the molecule is Cc1nc(CN2CCCC(N(C)CC(C)(C)O)C2)no1. The largest absolute Gasteiger partial charge is 0.389 e. The molecule has 1 aliphatic rings. The minimum atomic E-state index is -0.651. The Kier molecular flexibility index (Phi) is 4.78. The molecule has 0 bridgehead atoms. The molecule has 1 unspecified atom stereocenters. The van der Waals surface area contributed by atoms with Gasteiger partial charge in [-0.1, -0.05) is 5.16 Å². The first-order valence-corrected chi connectivity index (χ1v) is 7.28. The number of piperidine rings is 1. The lowest BCUT2D eigenvalue weighted by molar-refractivity contribution is 0.0147. The van der Waals surface area contributed by atoms with E-state index in [1.54, 1.807) is 0 Å². The fourth-order valence-corrected chi connectivity index (χ4v) is 2.88. The van der Waals surface area contributed by atoms with Crippen molar-refractivity contribution in [3.05, 3.63) is 11.7 Å². The molecule has 0 saturated carbocycles. The average molecular weight is 282 g/mol. The number of aryl methyl sites for hydroxylation is 1. The van der Waals surface area contributed by atoms with Gasteiger partial charge in [-0.15, -0.1) is 0 Å². The lowest BCUT2D eigenvalue weighted by Gasteiger charge is -2.39. The van der Waals surface area contributed by atoms with Crippen molar-refractivity contribution in [3.8, 4) is 0 Å². The highest BCUT2D eigenvalue weighted by Crippen LogP contribution is 2.18. The van der Waals surface area contributed by atoms with Gasteiger partial charge in [0.1, 0.15) is 0 Å². The Morgan fingerprint density at radius 2 is 2.25 bits per heavy atom. The molecule has 0 radical (unpaired) electrons. The van der Waals surface area contributed by atoms with Crippen LogP contribution in [0.1, 0.15) is 38.4 Å². The predicted molar refractivity (Wildman–Crippen MR) is 76.3 cm³/mol. The fraction of sp³-hybridized carbons (Fsp3) is 0.857. The van der Waals surface area contributed by atoms with E-state index in [2.05, 4.69) is 27.0 Å². The first-order valence-electron chi connectivity index (χ1n) is 7.28. The second-order valence-corrected chi connectivity index (χ2v) is 6.49. The Morgan fingerprint density at radius 1 is 1.50 bits per heavy atom. The smallest absolute Gasteiger partial charge is 0.223 e. The molecule has 0 aromatic carbocycles. The number of likely N-dealkylation sites (tertiary alicyclic amines) is 1. The number of hydrogen-bond acceptors (Lipinski definition) is 6. The highest BCUT2D eigenvalue weighted by atomic mass is 16.5. The van der Waals surface area contributed by atoms with Crippen molar-refractivity contribution in [2.45, 2.75) is 51.8 Å². The molecule has 6 nitrogen and oxygen atoms in total. The number of aromatic nitrogens is 2. The summed E-state index contributed by atoms with van der Waals surface area (Å²) in [4.78, 5) is 8.88. The summed E-state index contributed by atoms with van der Waals surface area (Å²) in [6.07, 6.45) is 2.34. The Morgan fingerprint density at radius 3 is 2.85 bits per heavy atom. The molecule has 2 heterocycles. The molecule has 1 N–H and O–H groups in total. The molecule has 0 amide bonds. The van der Waals surface area contributed by atoms with Crippen LogP contribution in [0, 0.1) is 6.92 Å². The number of aliphatic hydroxyl groups is 1. The lowest BCUT2D eigenvalue weighted by Crippen LogP contribution is -2.49. The minimum absolute atomic E-state index is 0.475. The summed E-state index contributed by atoms with van der Waals surface area (Å²) in [6.45, 7) is 9.00. The Hall–Kier alpha value is -0.980. The summed E-state index contributed by atoms with van der Waals surface area (Å²) in [5, 5.41) is 13.9. The van der Waals surface area contributed by atoms with Crippen LogP contribution in [0.4, 0.5) is 0 Å². The van der Waals surface area contributed by atoms with Crippen LogP contribution in [0.5, 0.6) is 0 Å². The fourth-order valence-electron chi connectivity index (χ4n) is 2.88. The molecule has 20 heavy (non-hydrogen) atoms. The van der Waals surface area contributed by atoms with Crippen molar-refractivity contribution in [2.75, 3.05) is 26.7 Å². The van der Waals surface area contributed by atoms with E-state index in [1.807, 2.05) is 20.8 Å².